The first-order chi connectivity index (χ1) is 11.1. The third-order valence-corrected chi connectivity index (χ3v) is 3.10. The summed E-state index contributed by atoms with van der Waals surface area (Å²) in [5.41, 5.74) is -0.205. The number of aliphatic hydroxyl groups is 1. The van der Waals surface area contributed by atoms with Gasteiger partial charge in [0.1, 0.15) is 0 Å². The summed E-state index contributed by atoms with van der Waals surface area (Å²) in [6.45, 7) is 3.69. The van der Waals surface area contributed by atoms with Crippen molar-refractivity contribution in [3.8, 4) is 0 Å². The summed E-state index contributed by atoms with van der Waals surface area (Å²) in [6.07, 6.45) is -5.97. The van der Waals surface area contributed by atoms with Crippen molar-refractivity contribution < 1.29 is 27.9 Å². The predicted octanol–water partition coefficient (Wildman–Crippen LogP) is 2.25. The molecule has 0 fully saturated rings. The molecule has 0 aliphatic carbocycles. The maximum atomic E-state index is 12.5. The van der Waals surface area contributed by atoms with Crippen LogP contribution in [-0.4, -0.2) is 35.7 Å². The van der Waals surface area contributed by atoms with E-state index in [4.69, 9.17) is 0 Å². The van der Waals surface area contributed by atoms with Crippen LogP contribution in [0.25, 0.3) is 0 Å². The topological polar surface area (TPSA) is 78.4 Å². The molecular weight excluding hydrogens is 325 g/mol. The van der Waals surface area contributed by atoms with Crippen LogP contribution in [0.1, 0.15) is 25.8 Å². The Balaban J connectivity index is 2.63. The Morgan fingerprint density at radius 3 is 2.38 bits per heavy atom. The summed E-state index contributed by atoms with van der Waals surface area (Å²) in [6, 6.07) is 5.39. The molecule has 1 aromatic rings. The molecule has 5 nitrogen and oxygen atoms in total. The summed E-state index contributed by atoms with van der Waals surface area (Å²) in [5.74, 6) is -1.87. The Bertz CT molecular complexity index is 574. The van der Waals surface area contributed by atoms with Gasteiger partial charge in [0.25, 0.3) is 0 Å². The molecule has 24 heavy (non-hydrogen) atoms. The predicted molar refractivity (Wildman–Crippen MR) is 83.3 cm³/mol. The number of halogens is 3. The molecule has 0 bridgehead atoms. The number of rotatable bonds is 6. The average molecular weight is 346 g/mol. The molecule has 2 amide bonds. The van der Waals surface area contributed by atoms with Crippen LogP contribution in [0.2, 0.25) is 0 Å². The van der Waals surface area contributed by atoms with Gasteiger partial charge in [0, 0.05) is 12.2 Å². The molecule has 1 unspecified atom stereocenters. The van der Waals surface area contributed by atoms with E-state index in [0.29, 0.717) is 6.42 Å². The number of benzene rings is 1. The first-order valence-electron chi connectivity index (χ1n) is 7.50. The average Bonchev–Trinajstić information content (AvgIpc) is 2.44. The van der Waals surface area contributed by atoms with Crippen molar-refractivity contribution in [2.75, 3.05) is 11.9 Å². The summed E-state index contributed by atoms with van der Waals surface area (Å²) in [4.78, 5) is 23.5. The standard InChI is InChI=1S/C16H21F3N2O3/c1-10(2)7-12(22)9-20-14(23)15(24)21-13-6-4-3-5-11(13)8-16(17,18)19/h3-6,10,12,22H,7-9H2,1-2H3,(H,20,23)(H,21,24). The van der Waals surface area contributed by atoms with E-state index in [1.807, 2.05) is 13.8 Å². The zero-order chi connectivity index (χ0) is 18.3. The van der Waals surface area contributed by atoms with Crippen molar-refractivity contribution in [2.45, 2.75) is 39.0 Å². The van der Waals surface area contributed by atoms with Crippen LogP contribution in [0.4, 0.5) is 18.9 Å². The van der Waals surface area contributed by atoms with E-state index in [1.54, 1.807) is 0 Å². The molecular formula is C16H21F3N2O3. The lowest BCUT2D eigenvalue weighted by molar-refractivity contribution is -0.136. The normalized spacial score (nSPS) is 12.8. The number of amides is 2. The minimum absolute atomic E-state index is 0.0716. The van der Waals surface area contributed by atoms with Crippen LogP contribution in [0.3, 0.4) is 0 Å². The fraction of sp³-hybridized carbons (Fsp3) is 0.500. The van der Waals surface area contributed by atoms with E-state index in [2.05, 4.69) is 10.6 Å². The highest BCUT2D eigenvalue weighted by Crippen LogP contribution is 2.25. The van der Waals surface area contributed by atoms with Gasteiger partial charge >= 0.3 is 18.0 Å². The zero-order valence-corrected chi connectivity index (χ0v) is 13.5. The van der Waals surface area contributed by atoms with Gasteiger partial charge in [0.15, 0.2) is 0 Å². The number of nitrogens with one attached hydrogen (secondary N) is 2. The van der Waals surface area contributed by atoms with Crippen LogP contribution >= 0.6 is 0 Å². The second-order valence-electron chi connectivity index (χ2n) is 5.90. The SMILES string of the molecule is CC(C)CC(O)CNC(=O)C(=O)Nc1ccccc1CC(F)(F)F. The Hall–Kier alpha value is -2.09. The van der Waals surface area contributed by atoms with Gasteiger partial charge in [0.05, 0.1) is 12.5 Å². The smallest absolute Gasteiger partial charge is 0.391 e. The van der Waals surface area contributed by atoms with E-state index in [1.165, 1.54) is 24.3 Å². The number of aliphatic hydroxyl groups excluding tert-OH is 1. The third kappa shape index (κ3) is 7.45. The largest absolute Gasteiger partial charge is 0.393 e. The summed E-state index contributed by atoms with van der Waals surface area (Å²) >= 11 is 0. The molecule has 134 valence electrons. The first-order valence-corrected chi connectivity index (χ1v) is 7.50. The van der Waals surface area contributed by atoms with Gasteiger partial charge in [0.2, 0.25) is 0 Å². The van der Waals surface area contributed by atoms with Crippen molar-refractivity contribution in [2.24, 2.45) is 5.92 Å². The summed E-state index contributed by atoms with van der Waals surface area (Å²) in [5, 5.41) is 14.1. The van der Waals surface area contributed by atoms with Crippen LogP contribution < -0.4 is 10.6 Å². The van der Waals surface area contributed by atoms with Gasteiger partial charge in [-0.05, 0) is 24.0 Å². The molecule has 8 heteroatoms. The lowest BCUT2D eigenvalue weighted by atomic mass is 10.1. The highest BCUT2D eigenvalue weighted by molar-refractivity contribution is 6.39. The fourth-order valence-corrected chi connectivity index (χ4v) is 2.11. The van der Waals surface area contributed by atoms with E-state index in [9.17, 15) is 27.9 Å². The molecule has 1 aromatic carbocycles. The zero-order valence-electron chi connectivity index (χ0n) is 13.5. The van der Waals surface area contributed by atoms with Gasteiger partial charge in [-0.15, -0.1) is 0 Å². The molecule has 0 radical (unpaired) electrons. The Labute approximate surface area is 138 Å². The molecule has 0 aromatic heterocycles. The summed E-state index contributed by atoms with van der Waals surface area (Å²) in [7, 11) is 0. The highest BCUT2D eigenvalue weighted by Gasteiger charge is 2.29. The van der Waals surface area contributed by atoms with Gasteiger partial charge < -0.3 is 15.7 Å². The minimum Gasteiger partial charge on any atom is -0.391 e. The second kappa shape index (κ2) is 8.68. The van der Waals surface area contributed by atoms with Crippen molar-refractivity contribution in [3.05, 3.63) is 29.8 Å². The fourth-order valence-electron chi connectivity index (χ4n) is 2.11. The van der Waals surface area contributed by atoms with E-state index < -0.39 is 30.5 Å². The van der Waals surface area contributed by atoms with Crippen LogP contribution in [-0.2, 0) is 16.0 Å². The molecule has 0 aliphatic rings. The van der Waals surface area contributed by atoms with E-state index in [0.717, 1.165) is 0 Å². The van der Waals surface area contributed by atoms with Crippen molar-refractivity contribution in [1.29, 1.82) is 0 Å². The molecule has 0 spiro atoms. The Kier molecular flexibility index (Phi) is 7.21. The molecule has 1 atom stereocenters. The van der Waals surface area contributed by atoms with E-state index in [-0.39, 0.29) is 23.7 Å². The Morgan fingerprint density at radius 1 is 1.17 bits per heavy atom. The molecule has 1 rings (SSSR count). The second-order valence-corrected chi connectivity index (χ2v) is 5.90. The maximum absolute atomic E-state index is 12.5. The molecule has 0 saturated carbocycles. The lowest BCUT2D eigenvalue weighted by Crippen LogP contribution is -2.40. The van der Waals surface area contributed by atoms with Crippen molar-refractivity contribution >= 4 is 17.5 Å². The van der Waals surface area contributed by atoms with Crippen LogP contribution in [0, 0.1) is 5.92 Å². The number of para-hydroxylation sites is 1. The molecule has 0 aliphatic heterocycles. The number of hydrogen-bond donors (Lipinski definition) is 3. The monoisotopic (exact) mass is 346 g/mol. The summed E-state index contributed by atoms with van der Waals surface area (Å²) < 4.78 is 37.5. The maximum Gasteiger partial charge on any atom is 0.393 e. The third-order valence-electron chi connectivity index (χ3n) is 3.10. The van der Waals surface area contributed by atoms with Gasteiger partial charge in [-0.2, -0.15) is 13.2 Å². The molecule has 0 saturated heterocycles. The van der Waals surface area contributed by atoms with Crippen LogP contribution in [0.15, 0.2) is 24.3 Å². The van der Waals surface area contributed by atoms with Gasteiger partial charge in [-0.1, -0.05) is 32.0 Å². The first kappa shape index (κ1) is 20.0. The molecule has 3 N–H and O–H groups in total. The Morgan fingerprint density at radius 2 is 1.79 bits per heavy atom. The highest BCUT2D eigenvalue weighted by atomic mass is 19.4. The van der Waals surface area contributed by atoms with Crippen LogP contribution in [0.5, 0.6) is 0 Å². The number of carbonyl (C=O) groups excluding carboxylic acids is 2. The minimum atomic E-state index is -4.43. The number of carbonyl (C=O) groups is 2. The number of alkyl halides is 3. The van der Waals surface area contributed by atoms with Crippen molar-refractivity contribution in [3.63, 3.8) is 0 Å². The van der Waals surface area contributed by atoms with Crippen molar-refractivity contribution in [1.82, 2.24) is 5.32 Å². The number of hydrogen-bond acceptors (Lipinski definition) is 3. The lowest BCUT2D eigenvalue weighted by Gasteiger charge is -2.15. The quantitative estimate of drug-likeness (QED) is 0.692. The van der Waals surface area contributed by atoms with Gasteiger partial charge in [-0.3, -0.25) is 9.59 Å². The van der Waals surface area contributed by atoms with Gasteiger partial charge in [-0.25, -0.2) is 0 Å². The van der Waals surface area contributed by atoms with E-state index >= 15 is 0 Å². The molecule has 0 heterocycles. The number of anilines is 1.